The molecule has 1 fully saturated rings. The van der Waals surface area contributed by atoms with Crippen molar-refractivity contribution in [1.82, 2.24) is 9.88 Å². The molecule has 1 aliphatic heterocycles. The van der Waals surface area contributed by atoms with Crippen molar-refractivity contribution < 1.29 is 9.21 Å². The standard InChI is InChI=1S/C16H19N3O2/c1-11-14(16(20)19-9-7-13(17)8-10-19)21-15(18-11)12-5-3-2-4-6-12/h2-6,13H,7-10,17H2,1H3. The molecule has 3 rings (SSSR count). The fourth-order valence-electron chi connectivity index (χ4n) is 2.55. The predicted molar refractivity (Wildman–Crippen MR) is 79.8 cm³/mol. The largest absolute Gasteiger partial charge is 0.431 e. The summed E-state index contributed by atoms with van der Waals surface area (Å²) in [5.74, 6) is 0.739. The van der Waals surface area contributed by atoms with Crippen LogP contribution in [0.1, 0.15) is 29.1 Å². The lowest BCUT2D eigenvalue weighted by Gasteiger charge is -2.29. The van der Waals surface area contributed by atoms with Crippen LogP contribution in [0.5, 0.6) is 0 Å². The molecule has 5 heteroatoms. The zero-order valence-electron chi connectivity index (χ0n) is 12.1. The molecule has 21 heavy (non-hydrogen) atoms. The highest BCUT2D eigenvalue weighted by molar-refractivity contribution is 5.93. The van der Waals surface area contributed by atoms with Gasteiger partial charge in [-0.05, 0) is 31.9 Å². The van der Waals surface area contributed by atoms with Gasteiger partial charge in [0.05, 0.1) is 5.69 Å². The number of benzene rings is 1. The zero-order valence-corrected chi connectivity index (χ0v) is 12.1. The van der Waals surface area contributed by atoms with Gasteiger partial charge in [0.15, 0.2) is 0 Å². The Balaban J connectivity index is 1.83. The van der Waals surface area contributed by atoms with Crippen LogP contribution in [0.25, 0.3) is 11.5 Å². The van der Waals surface area contributed by atoms with E-state index in [4.69, 9.17) is 10.2 Å². The third-order valence-corrected chi connectivity index (χ3v) is 3.84. The summed E-state index contributed by atoms with van der Waals surface area (Å²) in [6, 6.07) is 9.80. The van der Waals surface area contributed by atoms with E-state index in [1.807, 2.05) is 30.3 Å². The fraction of sp³-hybridized carbons (Fsp3) is 0.375. The van der Waals surface area contributed by atoms with Gasteiger partial charge < -0.3 is 15.1 Å². The van der Waals surface area contributed by atoms with Gasteiger partial charge in [-0.25, -0.2) is 4.98 Å². The van der Waals surface area contributed by atoms with Crippen LogP contribution in [-0.4, -0.2) is 34.9 Å². The zero-order chi connectivity index (χ0) is 14.8. The molecule has 5 nitrogen and oxygen atoms in total. The summed E-state index contributed by atoms with van der Waals surface area (Å²) in [6.45, 7) is 3.17. The fourth-order valence-corrected chi connectivity index (χ4v) is 2.55. The molecule has 0 radical (unpaired) electrons. The number of likely N-dealkylation sites (tertiary alicyclic amines) is 1. The molecule has 1 amide bonds. The number of nitrogens with zero attached hydrogens (tertiary/aromatic N) is 2. The molecule has 1 aliphatic rings. The molecule has 0 unspecified atom stereocenters. The van der Waals surface area contributed by atoms with Gasteiger partial charge in [-0.3, -0.25) is 4.79 Å². The number of oxazole rings is 1. The number of amides is 1. The van der Waals surface area contributed by atoms with Crippen molar-refractivity contribution in [2.45, 2.75) is 25.8 Å². The molecule has 1 saturated heterocycles. The first-order valence-electron chi connectivity index (χ1n) is 7.23. The number of nitrogens with two attached hydrogens (primary N) is 1. The van der Waals surface area contributed by atoms with Gasteiger partial charge in [0, 0.05) is 24.7 Å². The number of carbonyl (C=O) groups is 1. The van der Waals surface area contributed by atoms with E-state index in [1.165, 1.54) is 0 Å². The van der Waals surface area contributed by atoms with E-state index in [2.05, 4.69) is 4.98 Å². The summed E-state index contributed by atoms with van der Waals surface area (Å²) in [6.07, 6.45) is 1.68. The molecule has 2 heterocycles. The molecule has 110 valence electrons. The molecule has 0 atom stereocenters. The van der Waals surface area contributed by atoms with Crippen LogP contribution in [-0.2, 0) is 0 Å². The molecular formula is C16H19N3O2. The number of rotatable bonds is 2. The average Bonchev–Trinajstić information content (AvgIpc) is 2.90. The van der Waals surface area contributed by atoms with Gasteiger partial charge in [0.1, 0.15) is 0 Å². The highest BCUT2D eigenvalue weighted by atomic mass is 16.4. The summed E-state index contributed by atoms with van der Waals surface area (Å²) in [5.41, 5.74) is 7.38. The third kappa shape index (κ3) is 2.83. The first-order chi connectivity index (χ1) is 10.1. The number of aromatic nitrogens is 1. The Morgan fingerprint density at radius 3 is 2.62 bits per heavy atom. The van der Waals surface area contributed by atoms with Crippen molar-refractivity contribution in [3.05, 3.63) is 41.8 Å². The molecule has 2 aromatic rings. The van der Waals surface area contributed by atoms with Crippen LogP contribution in [0, 0.1) is 6.92 Å². The number of hydrogen-bond donors (Lipinski definition) is 1. The van der Waals surface area contributed by atoms with Crippen molar-refractivity contribution in [2.24, 2.45) is 5.73 Å². The molecular weight excluding hydrogens is 266 g/mol. The smallest absolute Gasteiger partial charge is 0.291 e. The average molecular weight is 285 g/mol. The van der Waals surface area contributed by atoms with Crippen molar-refractivity contribution in [3.8, 4) is 11.5 Å². The van der Waals surface area contributed by atoms with E-state index in [-0.39, 0.29) is 11.9 Å². The Morgan fingerprint density at radius 1 is 1.29 bits per heavy atom. The van der Waals surface area contributed by atoms with Gasteiger partial charge in [-0.1, -0.05) is 18.2 Å². The van der Waals surface area contributed by atoms with Gasteiger partial charge in [-0.2, -0.15) is 0 Å². The molecule has 1 aromatic heterocycles. The highest BCUT2D eigenvalue weighted by Gasteiger charge is 2.26. The second-order valence-electron chi connectivity index (χ2n) is 5.43. The summed E-state index contributed by atoms with van der Waals surface area (Å²) in [5, 5.41) is 0. The molecule has 0 saturated carbocycles. The summed E-state index contributed by atoms with van der Waals surface area (Å²) >= 11 is 0. The van der Waals surface area contributed by atoms with Crippen molar-refractivity contribution in [2.75, 3.05) is 13.1 Å². The quantitative estimate of drug-likeness (QED) is 0.918. The van der Waals surface area contributed by atoms with Crippen molar-refractivity contribution in [3.63, 3.8) is 0 Å². The molecule has 2 N–H and O–H groups in total. The van der Waals surface area contributed by atoms with E-state index in [0.29, 0.717) is 30.4 Å². The first kappa shape index (κ1) is 13.8. The van der Waals surface area contributed by atoms with E-state index < -0.39 is 0 Å². The van der Waals surface area contributed by atoms with Gasteiger partial charge in [0.25, 0.3) is 5.91 Å². The van der Waals surface area contributed by atoms with E-state index in [9.17, 15) is 4.79 Å². The second kappa shape index (κ2) is 5.69. The Bertz CT molecular complexity index is 628. The van der Waals surface area contributed by atoms with Crippen LogP contribution < -0.4 is 5.73 Å². The van der Waals surface area contributed by atoms with E-state index in [1.54, 1.807) is 11.8 Å². The highest BCUT2D eigenvalue weighted by Crippen LogP contribution is 2.23. The number of piperidine rings is 1. The van der Waals surface area contributed by atoms with Crippen LogP contribution in [0.4, 0.5) is 0 Å². The maximum absolute atomic E-state index is 12.5. The number of hydrogen-bond acceptors (Lipinski definition) is 4. The Morgan fingerprint density at radius 2 is 1.95 bits per heavy atom. The molecule has 0 aliphatic carbocycles. The van der Waals surface area contributed by atoms with Crippen LogP contribution in [0.3, 0.4) is 0 Å². The second-order valence-corrected chi connectivity index (χ2v) is 5.43. The van der Waals surface area contributed by atoms with Gasteiger partial charge in [-0.15, -0.1) is 0 Å². The normalized spacial score (nSPS) is 16.2. The summed E-state index contributed by atoms with van der Waals surface area (Å²) < 4.78 is 5.71. The lowest BCUT2D eigenvalue weighted by molar-refractivity contribution is 0.0682. The number of carbonyl (C=O) groups excluding carboxylic acids is 1. The first-order valence-corrected chi connectivity index (χ1v) is 7.23. The minimum Gasteiger partial charge on any atom is -0.431 e. The van der Waals surface area contributed by atoms with Crippen LogP contribution >= 0.6 is 0 Å². The Labute approximate surface area is 123 Å². The molecule has 1 aromatic carbocycles. The maximum atomic E-state index is 12.5. The SMILES string of the molecule is Cc1nc(-c2ccccc2)oc1C(=O)N1CCC(N)CC1. The minimum atomic E-state index is -0.0888. The number of aryl methyl sites for hydroxylation is 1. The summed E-state index contributed by atoms with van der Waals surface area (Å²) in [4.78, 5) is 18.7. The topological polar surface area (TPSA) is 72.4 Å². The minimum absolute atomic E-state index is 0.0888. The lowest BCUT2D eigenvalue weighted by Crippen LogP contribution is -2.42. The van der Waals surface area contributed by atoms with Gasteiger partial charge >= 0.3 is 0 Å². The molecule has 0 spiro atoms. The van der Waals surface area contributed by atoms with Crippen LogP contribution in [0.2, 0.25) is 0 Å². The lowest BCUT2D eigenvalue weighted by atomic mass is 10.1. The van der Waals surface area contributed by atoms with E-state index in [0.717, 1.165) is 18.4 Å². The van der Waals surface area contributed by atoms with Gasteiger partial charge in [0.2, 0.25) is 11.7 Å². The van der Waals surface area contributed by atoms with Crippen molar-refractivity contribution in [1.29, 1.82) is 0 Å². The Hall–Kier alpha value is -2.14. The van der Waals surface area contributed by atoms with E-state index >= 15 is 0 Å². The summed E-state index contributed by atoms with van der Waals surface area (Å²) in [7, 11) is 0. The maximum Gasteiger partial charge on any atom is 0.291 e. The predicted octanol–water partition coefficient (Wildman–Crippen LogP) is 2.21. The monoisotopic (exact) mass is 285 g/mol. The molecule has 0 bridgehead atoms. The van der Waals surface area contributed by atoms with Crippen LogP contribution in [0.15, 0.2) is 34.7 Å². The Kier molecular flexibility index (Phi) is 3.75. The third-order valence-electron chi connectivity index (χ3n) is 3.84. The van der Waals surface area contributed by atoms with Crippen molar-refractivity contribution >= 4 is 5.91 Å².